The number of carbonyl (C=O) groups is 1. The van der Waals surface area contributed by atoms with Gasteiger partial charge in [0, 0.05) is 17.2 Å². The molecule has 0 aliphatic heterocycles. The van der Waals surface area contributed by atoms with Gasteiger partial charge in [0.1, 0.15) is 0 Å². The molecule has 4 aromatic rings. The van der Waals surface area contributed by atoms with Crippen molar-refractivity contribution in [1.29, 1.82) is 0 Å². The Morgan fingerprint density at radius 1 is 0.923 bits per heavy atom. The maximum atomic E-state index is 12.2. The number of nitrogens with zero attached hydrogens (tertiary/aromatic N) is 3. The van der Waals surface area contributed by atoms with Gasteiger partial charge >= 0.3 is 0 Å². The predicted molar refractivity (Wildman–Crippen MR) is 92.8 cm³/mol. The van der Waals surface area contributed by atoms with Gasteiger partial charge < -0.3 is 14.3 Å². The summed E-state index contributed by atoms with van der Waals surface area (Å²) in [5.74, 6) is 0.863. The Morgan fingerprint density at radius 2 is 1.62 bits per heavy atom. The SMILES string of the molecule is O=C(NCc1nnc(-c2ccccc2)o1)c1cc(-c2ccccc2)on1. The average Bonchev–Trinajstić information content (AvgIpc) is 3.37. The van der Waals surface area contributed by atoms with Gasteiger partial charge in [-0.15, -0.1) is 10.2 Å². The summed E-state index contributed by atoms with van der Waals surface area (Å²) in [5, 5.41) is 14.4. The van der Waals surface area contributed by atoms with Gasteiger partial charge in [-0.2, -0.15) is 0 Å². The maximum absolute atomic E-state index is 12.2. The summed E-state index contributed by atoms with van der Waals surface area (Å²) in [6, 6.07) is 20.4. The standard InChI is InChI=1S/C19H14N4O3/c24-18(15-11-16(26-23-15)13-7-3-1-4-8-13)20-12-17-21-22-19(25-17)14-9-5-2-6-10-14/h1-11H,12H2,(H,20,24). The second-order valence-electron chi connectivity index (χ2n) is 5.49. The summed E-state index contributed by atoms with van der Waals surface area (Å²) < 4.78 is 10.8. The lowest BCUT2D eigenvalue weighted by molar-refractivity contribution is 0.0938. The second kappa shape index (κ2) is 7.02. The third-order valence-corrected chi connectivity index (χ3v) is 3.69. The number of carbonyl (C=O) groups excluding carboxylic acids is 1. The molecule has 0 saturated heterocycles. The van der Waals surface area contributed by atoms with Gasteiger partial charge in [-0.3, -0.25) is 4.79 Å². The largest absolute Gasteiger partial charge is 0.419 e. The Balaban J connectivity index is 1.40. The first-order valence-corrected chi connectivity index (χ1v) is 7.98. The van der Waals surface area contributed by atoms with Crippen LogP contribution in [0.25, 0.3) is 22.8 Å². The van der Waals surface area contributed by atoms with Gasteiger partial charge in [0.25, 0.3) is 5.91 Å². The number of hydrogen-bond acceptors (Lipinski definition) is 6. The minimum Gasteiger partial charge on any atom is -0.419 e. The van der Waals surface area contributed by atoms with Gasteiger partial charge in [-0.25, -0.2) is 0 Å². The highest BCUT2D eigenvalue weighted by molar-refractivity contribution is 5.92. The van der Waals surface area contributed by atoms with E-state index in [9.17, 15) is 4.79 Å². The summed E-state index contributed by atoms with van der Waals surface area (Å²) in [6.07, 6.45) is 0. The molecule has 2 heterocycles. The number of nitrogens with one attached hydrogen (secondary N) is 1. The van der Waals surface area contributed by atoms with E-state index in [0.717, 1.165) is 11.1 Å². The molecule has 0 fully saturated rings. The van der Waals surface area contributed by atoms with E-state index >= 15 is 0 Å². The van der Waals surface area contributed by atoms with Crippen molar-refractivity contribution in [2.45, 2.75) is 6.54 Å². The van der Waals surface area contributed by atoms with Gasteiger partial charge in [-0.05, 0) is 12.1 Å². The molecule has 26 heavy (non-hydrogen) atoms. The fraction of sp³-hybridized carbons (Fsp3) is 0.0526. The van der Waals surface area contributed by atoms with Crippen LogP contribution >= 0.6 is 0 Å². The van der Waals surface area contributed by atoms with Crippen molar-refractivity contribution in [2.75, 3.05) is 0 Å². The quantitative estimate of drug-likeness (QED) is 0.596. The third kappa shape index (κ3) is 3.36. The molecule has 7 heteroatoms. The lowest BCUT2D eigenvalue weighted by Crippen LogP contribution is -2.23. The van der Waals surface area contributed by atoms with E-state index in [0.29, 0.717) is 17.5 Å². The number of rotatable bonds is 5. The minimum absolute atomic E-state index is 0.103. The van der Waals surface area contributed by atoms with E-state index in [1.807, 2.05) is 60.7 Å². The molecular weight excluding hydrogens is 332 g/mol. The van der Waals surface area contributed by atoms with Crippen molar-refractivity contribution in [3.05, 3.63) is 78.3 Å². The van der Waals surface area contributed by atoms with Crippen LogP contribution in [0.5, 0.6) is 0 Å². The van der Waals surface area contributed by atoms with E-state index in [-0.39, 0.29) is 18.1 Å². The molecule has 1 amide bonds. The number of aromatic nitrogens is 3. The zero-order chi connectivity index (χ0) is 17.8. The van der Waals surface area contributed by atoms with Crippen molar-refractivity contribution in [3.63, 3.8) is 0 Å². The molecule has 2 aromatic heterocycles. The molecule has 4 rings (SSSR count). The summed E-state index contributed by atoms with van der Waals surface area (Å²) in [6.45, 7) is 0.103. The fourth-order valence-electron chi connectivity index (χ4n) is 2.39. The van der Waals surface area contributed by atoms with Gasteiger partial charge in [-0.1, -0.05) is 53.7 Å². The Kier molecular flexibility index (Phi) is 4.26. The molecule has 0 unspecified atom stereocenters. The second-order valence-corrected chi connectivity index (χ2v) is 5.49. The highest BCUT2D eigenvalue weighted by Gasteiger charge is 2.15. The zero-order valence-electron chi connectivity index (χ0n) is 13.6. The summed E-state index contributed by atoms with van der Waals surface area (Å²) in [4.78, 5) is 12.2. The zero-order valence-corrected chi connectivity index (χ0v) is 13.6. The molecule has 1 N–H and O–H groups in total. The number of benzene rings is 2. The topological polar surface area (TPSA) is 94.1 Å². The molecule has 0 atom stereocenters. The summed E-state index contributed by atoms with van der Waals surface area (Å²) in [7, 11) is 0. The van der Waals surface area contributed by atoms with Gasteiger partial charge in [0.15, 0.2) is 11.5 Å². The molecule has 0 saturated carbocycles. The molecule has 7 nitrogen and oxygen atoms in total. The van der Waals surface area contributed by atoms with Crippen LogP contribution in [0, 0.1) is 0 Å². The molecule has 0 bridgehead atoms. The van der Waals surface area contributed by atoms with Gasteiger partial charge in [0.05, 0.1) is 6.54 Å². The normalized spacial score (nSPS) is 10.6. The van der Waals surface area contributed by atoms with Crippen LogP contribution in [0.2, 0.25) is 0 Å². The molecule has 0 spiro atoms. The Morgan fingerprint density at radius 3 is 2.35 bits per heavy atom. The lowest BCUT2D eigenvalue weighted by Gasteiger charge is -1.98. The molecule has 128 valence electrons. The van der Waals surface area contributed by atoms with Crippen LogP contribution in [-0.4, -0.2) is 21.3 Å². The smallest absolute Gasteiger partial charge is 0.273 e. The monoisotopic (exact) mass is 346 g/mol. The summed E-state index contributed by atoms with van der Waals surface area (Å²) in [5.41, 5.74) is 1.86. The molecular formula is C19H14N4O3. The van der Waals surface area contributed by atoms with E-state index in [1.165, 1.54) is 0 Å². The highest BCUT2D eigenvalue weighted by atomic mass is 16.5. The first-order valence-electron chi connectivity index (χ1n) is 7.98. The van der Waals surface area contributed by atoms with Crippen molar-refractivity contribution < 1.29 is 13.7 Å². The third-order valence-electron chi connectivity index (χ3n) is 3.69. The van der Waals surface area contributed by atoms with Crippen LogP contribution in [-0.2, 0) is 6.54 Å². The average molecular weight is 346 g/mol. The van der Waals surface area contributed by atoms with Crippen molar-refractivity contribution in [3.8, 4) is 22.8 Å². The lowest BCUT2D eigenvalue weighted by atomic mass is 10.1. The highest BCUT2D eigenvalue weighted by Crippen LogP contribution is 2.20. The maximum Gasteiger partial charge on any atom is 0.273 e. The molecule has 0 aliphatic rings. The van der Waals surface area contributed by atoms with E-state index in [4.69, 9.17) is 8.94 Å². The Hall–Kier alpha value is -3.74. The van der Waals surface area contributed by atoms with Crippen LogP contribution in [0.15, 0.2) is 75.7 Å². The Labute approximate surface area is 148 Å². The first kappa shape index (κ1) is 15.8. The van der Waals surface area contributed by atoms with Crippen molar-refractivity contribution in [2.24, 2.45) is 0 Å². The predicted octanol–water partition coefficient (Wildman–Crippen LogP) is 3.32. The number of amides is 1. The fourth-order valence-corrected chi connectivity index (χ4v) is 2.39. The van der Waals surface area contributed by atoms with Crippen LogP contribution in [0.3, 0.4) is 0 Å². The Bertz CT molecular complexity index is 1010. The molecule has 0 radical (unpaired) electrons. The van der Waals surface area contributed by atoms with Crippen LogP contribution in [0.1, 0.15) is 16.4 Å². The minimum atomic E-state index is -0.379. The molecule has 2 aromatic carbocycles. The molecule has 0 aliphatic carbocycles. The van der Waals surface area contributed by atoms with E-state index in [2.05, 4.69) is 20.7 Å². The summed E-state index contributed by atoms with van der Waals surface area (Å²) >= 11 is 0. The number of hydrogen-bond donors (Lipinski definition) is 1. The van der Waals surface area contributed by atoms with Crippen molar-refractivity contribution >= 4 is 5.91 Å². The van der Waals surface area contributed by atoms with E-state index < -0.39 is 0 Å². The van der Waals surface area contributed by atoms with Crippen LogP contribution < -0.4 is 5.32 Å². The van der Waals surface area contributed by atoms with Crippen LogP contribution in [0.4, 0.5) is 0 Å². The van der Waals surface area contributed by atoms with E-state index in [1.54, 1.807) is 6.07 Å². The van der Waals surface area contributed by atoms with Crippen molar-refractivity contribution in [1.82, 2.24) is 20.7 Å². The first-order chi connectivity index (χ1) is 12.8. The van der Waals surface area contributed by atoms with Gasteiger partial charge in [0.2, 0.25) is 11.8 Å².